The van der Waals surface area contributed by atoms with Crippen LogP contribution in [0.4, 0.5) is 0 Å². The summed E-state index contributed by atoms with van der Waals surface area (Å²) in [6.07, 6.45) is 7.27. The SMILES string of the molecule is CC(C)N(CCBr)C(=O)CCC1CCCC1. The highest BCUT2D eigenvalue weighted by Crippen LogP contribution is 2.28. The highest BCUT2D eigenvalue weighted by molar-refractivity contribution is 9.09. The van der Waals surface area contributed by atoms with Crippen molar-refractivity contribution >= 4 is 21.8 Å². The number of alkyl halides is 1. The Hall–Kier alpha value is -0.0500. The van der Waals surface area contributed by atoms with Gasteiger partial charge in [-0.25, -0.2) is 0 Å². The third kappa shape index (κ3) is 4.44. The third-order valence-corrected chi connectivity index (χ3v) is 3.86. The van der Waals surface area contributed by atoms with Gasteiger partial charge in [-0.2, -0.15) is 0 Å². The van der Waals surface area contributed by atoms with Crippen LogP contribution in [-0.4, -0.2) is 28.7 Å². The molecule has 0 spiro atoms. The number of rotatable bonds is 6. The zero-order valence-corrected chi connectivity index (χ0v) is 12.1. The number of hydrogen-bond acceptors (Lipinski definition) is 1. The Morgan fingerprint density at radius 1 is 1.38 bits per heavy atom. The Kier molecular flexibility index (Phi) is 6.40. The van der Waals surface area contributed by atoms with Gasteiger partial charge in [-0.3, -0.25) is 4.79 Å². The summed E-state index contributed by atoms with van der Waals surface area (Å²) in [5.41, 5.74) is 0. The Morgan fingerprint density at radius 3 is 2.50 bits per heavy atom. The fraction of sp³-hybridized carbons (Fsp3) is 0.923. The Labute approximate surface area is 108 Å². The first-order valence-corrected chi connectivity index (χ1v) is 7.62. The standard InChI is InChI=1S/C13H24BrNO/c1-11(2)15(10-9-14)13(16)8-7-12-5-3-4-6-12/h11-12H,3-10H2,1-2H3. The van der Waals surface area contributed by atoms with E-state index in [-0.39, 0.29) is 0 Å². The molecule has 94 valence electrons. The van der Waals surface area contributed by atoms with Crippen LogP contribution in [0.3, 0.4) is 0 Å². The Morgan fingerprint density at radius 2 is 2.00 bits per heavy atom. The van der Waals surface area contributed by atoms with Crippen LogP contribution in [0.2, 0.25) is 0 Å². The van der Waals surface area contributed by atoms with Crippen molar-refractivity contribution in [3.05, 3.63) is 0 Å². The summed E-state index contributed by atoms with van der Waals surface area (Å²) in [5, 5.41) is 0.875. The zero-order valence-electron chi connectivity index (χ0n) is 10.5. The lowest BCUT2D eigenvalue weighted by atomic mass is 10.0. The average Bonchev–Trinajstić information content (AvgIpc) is 2.75. The first kappa shape index (κ1) is 14.0. The highest BCUT2D eigenvalue weighted by Gasteiger charge is 2.20. The molecule has 1 rings (SSSR count). The number of halogens is 1. The van der Waals surface area contributed by atoms with Crippen molar-refractivity contribution in [1.82, 2.24) is 4.90 Å². The van der Waals surface area contributed by atoms with E-state index in [1.54, 1.807) is 0 Å². The summed E-state index contributed by atoms with van der Waals surface area (Å²) in [5.74, 6) is 1.16. The molecule has 0 aromatic rings. The fourth-order valence-corrected chi connectivity index (χ4v) is 2.91. The van der Waals surface area contributed by atoms with E-state index in [4.69, 9.17) is 0 Å². The van der Waals surface area contributed by atoms with Crippen LogP contribution in [-0.2, 0) is 4.79 Å². The maximum absolute atomic E-state index is 12.0. The molecule has 3 heteroatoms. The summed E-state index contributed by atoms with van der Waals surface area (Å²) < 4.78 is 0. The van der Waals surface area contributed by atoms with Crippen LogP contribution in [0, 0.1) is 5.92 Å². The molecule has 1 aliphatic rings. The molecule has 0 bridgehead atoms. The molecule has 0 unspecified atom stereocenters. The van der Waals surface area contributed by atoms with Gasteiger partial charge in [0.15, 0.2) is 0 Å². The number of carbonyl (C=O) groups is 1. The molecule has 1 saturated carbocycles. The van der Waals surface area contributed by atoms with Crippen LogP contribution >= 0.6 is 15.9 Å². The summed E-state index contributed by atoms with van der Waals surface area (Å²) >= 11 is 3.41. The largest absolute Gasteiger partial charge is 0.339 e. The van der Waals surface area contributed by atoms with E-state index >= 15 is 0 Å². The van der Waals surface area contributed by atoms with Crippen molar-refractivity contribution in [2.24, 2.45) is 5.92 Å². The van der Waals surface area contributed by atoms with Gasteiger partial charge in [-0.1, -0.05) is 41.6 Å². The predicted molar refractivity (Wildman–Crippen MR) is 71.8 cm³/mol. The van der Waals surface area contributed by atoms with Gasteiger partial charge < -0.3 is 4.90 Å². The van der Waals surface area contributed by atoms with Crippen molar-refractivity contribution in [1.29, 1.82) is 0 Å². The van der Waals surface area contributed by atoms with Gasteiger partial charge in [0.2, 0.25) is 5.91 Å². The van der Waals surface area contributed by atoms with E-state index in [0.29, 0.717) is 11.9 Å². The molecule has 0 aromatic carbocycles. The summed E-state index contributed by atoms with van der Waals surface area (Å²) in [4.78, 5) is 14.0. The topological polar surface area (TPSA) is 20.3 Å². The molecule has 0 atom stereocenters. The lowest BCUT2D eigenvalue weighted by Crippen LogP contribution is -2.38. The molecule has 2 nitrogen and oxygen atoms in total. The minimum Gasteiger partial charge on any atom is -0.339 e. The van der Waals surface area contributed by atoms with E-state index in [2.05, 4.69) is 29.8 Å². The average molecular weight is 290 g/mol. The van der Waals surface area contributed by atoms with Crippen LogP contribution < -0.4 is 0 Å². The third-order valence-electron chi connectivity index (χ3n) is 3.51. The van der Waals surface area contributed by atoms with Crippen LogP contribution in [0.25, 0.3) is 0 Å². The molecule has 1 fully saturated rings. The Balaban J connectivity index is 2.30. The van der Waals surface area contributed by atoms with E-state index in [9.17, 15) is 4.79 Å². The first-order valence-electron chi connectivity index (χ1n) is 6.50. The molecule has 0 aromatic heterocycles. The first-order chi connectivity index (χ1) is 7.65. The van der Waals surface area contributed by atoms with Crippen molar-refractivity contribution in [3.8, 4) is 0 Å². The fourth-order valence-electron chi connectivity index (χ4n) is 2.53. The van der Waals surface area contributed by atoms with Crippen LogP contribution in [0.5, 0.6) is 0 Å². The van der Waals surface area contributed by atoms with Gasteiger partial charge in [0.05, 0.1) is 0 Å². The maximum Gasteiger partial charge on any atom is 0.222 e. The van der Waals surface area contributed by atoms with Gasteiger partial charge in [0, 0.05) is 24.3 Å². The van der Waals surface area contributed by atoms with Gasteiger partial charge in [0.1, 0.15) is 0 Å². The smallest absolute Gasteiger partial charge is 0.222 e. The quantitative estimate of drug-likeness (QED) is 0.685. The number of amides is 1. The molecule has 1 aliphatic carbocycles. The molecule has 0 heterocycles. The van der Waals surface area contributed by atoms with E-state index in [0.717, 1.165) is 30.6 Å². The maximum atomic E-state index is 12.0. The van der Waals surface area contributed by atoms with Gasteiger partial charge in [-0.05, 0) is 26.2 Å². The minimum absolute atomic E-state index is 0.327. The Bertz CT molecular complexity index is 212. The number of hydrogen-bond donors (Lipinski definition) is 0. The summed E-state index contributed by atoms with van der Waals surface area (Å²) in [6.45, 7) is 5.02. The second-order valence-corrected chi connectivity index (χ2v) is 5.85. The number of nitrogens with zero attached hydrogens (tertiary/aromatic N) is 1. The van der Waals surface area contributed by atoms with E-state index in [1.807, 2.05) is 4.90 Å². The molecule has 0 N–H and O–H groups in total. The second-order valence-electron chi connectivity index (χ2n) is 5.06. The van der Waals surface area contributed by atoms with Gasteiger partial charge in [0.25, 0.3) is 0 Å². The molecular formula is C13H24BrNO. The molecule has 0 aliphatic heterocycles. The number of carbonyl (C=O) groups excluding carboxylic acids is 1. The van der Waals surface area contributed by atoms with Crippen LogP contribution in [0.15, 0.2) is 0 Å². The van der Waals surface area contributed by atoms with Crippen molar-refractivity contribution in [2.45, 2.75) is 58.4 Å². The van der Waals surface area contributed by atoms with Crippen LogP contribution in [0.1, 0.15) is 52.4 Å². The molecular weight excluding hydrogens is 266 g/mol. The van der Waals surface area contributed by atoms with E-state index < -0.39 is 0 Å². The minimum atomic E-state index is 0.327. The normalized spacial score (nSPS) is 17.0. The highest BCUT2D eigenvalue weighted by atomic mass is 79.9. The lowest BCUT2D eigenvalue weighted by molar-refractivity contribution is -0.132. The molecule has 0 radical (unpaired) electrons. The van der Waals surface area contributed by atoms with Crippen molar-refractivity contribution in [2.75, 3.05) is 11.9 Å². The predicted octanol–water partition coefficient (Wildman–Crippen LogP) is 3.59. The van der Waals surface area contributed by atoms with Gasteiger partial charge >= 0.3 is 0 Å². The zero-order chi connectivity index (χ0) is 12.0. The monoisotopic (exact) mass is 289 g/mol. The second kappa shape index (κ2) is 7.31. The molecule has 0 saturated heterocycles. The van der Waals surface area contributed by atoms with Crippen molar-refractivity contribution < 1.29 is 4.79 Å². The lowest BCUT2D eigenvalue weighted by Gasteiger charge is -2.26. The molecule has 1 amide bonds. The van der Waals surface area contributed by atoms with Crippen molar-refractivity contribution in [3.63, 3.8) is 0 Å². The van der Waals surface area contributed by atoms with E-state index in [1.165, 1.54) is 25.7 Å². The molecule has 16 heavy (non-hydrogen) atoms. The van der Waals surface area contributed by atoms with Gasteiger partial charge in [-0.15, -0.1) is 0 Å². The summed E-state index contributed by atoms with van der Waals surface area (Å²) in [7, 11) is 0. The summed E-state index contributed by atoms with van der Waals surface area (Å²) in [6, 6.07) is 0.327.